The summed E-state index contributed by atoms with van der Waals surface area (Å²) in [6.07, 6.45) is 1.73. The van der Waals surface area contributed by atoms with Gasteiger partial charge in [0, 0.05) is 56.8 Å². The quantitative estimate of drug-likeness (QED) is 0.225. The number of nitrogens with zero attached hydrogens (tertiary/aromatic N) is 1. The van der Waals surface area contributed by atoms with Crippen LogP contribution in [-0.4, -0.2) is 32.7 Å². The molecule has 1 heterocycles. The third-order valence-electron chi connectivity index (χ3n) is 5.52. The van der Waals surface area contributed by atoms with Gasteiger partial charge >= 0.3 is 5.97 Å². The van der Waals surface area contributed by atoms with E-state index in [0.29, 0.717) is 5.69 Å². The predicted octanol–water partition coefficient (Wildman–Crippen LogP) is 5.51. The van der Waals surface area contributed by atoms with Gasteiger partial charge in [0.05, 0.1) is 5.25 Å². The zero-order valence-corrected chi connectivity index (χ0v) is 20.1. The Bertz CT molecular complexity index is 1460. The molecule has 8 heteroatoms. The first-order chi connectivity index (χ1) is 16.9. The maximum atomic E-state index is 12.9. The van der Waals surface area contributed by atoms with E-state index in [2.05, 4.69) is 34.3 Å². The molecule has 2 amide bonds. The van der Waals surface area contributed by atoms with Gasteiger partial charge in [-0.3, -0.25) is 9.59 Å². The molecule has 0 spiro atoms. The molecule has 4 rings (SSSR count). The minimum Gasteiger partial charge on any atom is -0.478 e. The summed E-state index contributed by atoms with van der Waals surface area (Å²) in [7, 11) is 0. The molecule has 0 saturated heterocycles. The van der Waals surface area contributed by atoms with E-state index >= 15 is 0 Å². The number of hydrogen-bond donors (Lipinski definition) is 3. The molecule has 0 fully saturated rings. The van der Waals surface area contributed by atoms with Crippen LogP contribution in [0.15, 0.2) is 83.8 Å². The predicted molar refractivity (Wildman–Crippen MR) is 141 cm³/mol. The number of aryl methyl sites for hydroxylation is 1. The number of carbonyl (C=O) groups is 3. The highest BCUT2D eigenvalue weighted by atomic mass is 32.2. The van der Waals surface area contributed by atoms with Gasteiger partial charge in [0.2, 0.25) is 11.8 Å². The topological polar surface area (TPSA) is 100 Å². The van der Waals surface area contributed by atoms with Crippen molar-refractivity contribution in [2.45, 2.75) is 30.5 Å². The summed E-state index contributed by atoms with van der Waals surface area (Å²) in [5.74, 6) is -1.87. The molecule has 0 aliphatic rings. The number of nitrogens with one attached hydrogen (secondary N) is 2. The third kappa shape index (κ3) is 5.55. The monoisotopic (exact) mass is 487 g/mol. The standard InChI is InChI=1S/C27H25N3O4S/c1-3-30-23-10-5-4-9-21(23)22-16-19(11-12-24(22)30)29-27(34)17(2)35-20-8-6-7-18(15-20)28-25(31)13-14-26(32)33/h4-17H,3H2,1-2H3,(H,28,31)(H,29,34)(H,32,33)/b14-13+. The lowest BCUT2D eigenvalue weighted by molar-refractivity contribution is -0.131. The van der Waals surface area contributed by atoms with Gasteiger partial charge in [0.15, 0.2) is 0 Å². The number of amides is 2. The number of benzene rings is 3. The van der Waals surface area contributed by atoms with Crippen LogP contribution in [0.1, 0.15) is 13.8 Å². The van der Waals surface area contributed by atoms with Crippen LogP contribution in [-0.2, 0) is 20.9 Å². The van der Waals surface area contributed by atoms with Crippen molar-refractivity contribution in [1.82, 2.24) is 4.57 Å². The summed E-state index contributed by atoms with van der Waals surface area (Å²) < 4.78 is 2.26. The first-order valence-electron chi connectivity index (χ1n) is 11.2. The molecule has 3 N–H and O–H groups in total. The second kappa shape index (κ2) is 10.5. The number of aliphatic carboxylic acids is 1. The molecule has 0 aliphatic heterocycles. The number of hydrogen-bond acceptors (Lipinski definition) is 4. The first-order valence-corrected chi connectivity index (χ1v) is 12.0. The van der Waals surface area contributed by atoms with E-state index in [0.717, 1.165) is 45.6 Å². The zero-order valence-electron chi connectivity index (χ0n) is 19.3. The molecule has 0 radical (unpaired) electrons. The van der Waals surface area contributed by atoms with Crippen LogP contribution in [0.3, 0.4) is 0 Å². The fourth-order valence-electron chi connectivity index (χ4n) is 3.95. The molecule has 0 bridgehead atoms. The highest BCUT2D eigenvalue weighted by Gasteiger charge is 2.16. The van der Waals surface area contributed by atoms with E-state index in [-0.39, 0.29) is 11.2 Å². The average molecular weight is 488 g/mol. The SMILES string of the molecule is CCn1c2ccccc2c2cc(NC(=O)C(C)Sc3cccc(NC(=O)/C=C/C(=O)O)c3)ccc21. The average Bonchev–Trinajstić information content (AvgIpc) is 3.16. The summed E-state index contributed by atoms with van der Waals surface area (Å²) in [5, 5.41) is 16.1. The van der Waals surface area contributed by atoms with Gasteiger partial charge in [0.1, 0.15) is 0 Å². The number of anilines is 2. The van der Waals surface area contributed by atoms with Crippen molar-refractivity contribution >= 4 is 62.7 Å². The van der Waals surface area contributed by atoms with Crippen LogP contribution >= 0.6 is 11.8 Å². The van der Waals surface area contributed by atoms with Crippen LogP contribution < -0.4 is 10.6 Å². The second-order valence-corrected chi connectivity index (χ2v) is 9.35. The minimum atomic E-state index is -1.19. The molecule has 35 heavy (non-hydrogen) atoms. The van der Waals surface area contributed by atoms with Crippen molar-refractivity contribution in [1.29, 1.82) is 0 Å². The lowest BCUT2D eigenvalue weighted by Crippen LogP contribution is -2.22. The number of fused-ring (bicyclic) bond motifs is 3. The number of aromatic nitrogens is 1. The smallest absolute Gasteiger partial charge is 0.328 e. The van der Waals surface area contributed by atoms with Crippen molar-refractivity contribution < 1.29 is 19.5 Å². The molecular formula is C27H25N3O4S. The summed E-state index contributed by atoms with van der Waals surface area (Å²) in [4.78, 5) is 36.1. The van der Waals surface area contributed by atoms with Crippen LogP contribution in [0.5, 0.6) is 0 Å². The largest absolute Gasteiger partial charge is 0.478 e. The van der Waals surface area contributed by atoms with Crippen molar-refractivity contribution in [2.75, 3.05) is 10.6 Å². The molecule has 1 unspecified atom stereocenters. The molecule has 1 atom stereocenters. The van der Waals surface area contributed by atoms with Crippen LogP contribution in [0.25, 0.3) is 21.8 Å². The van der Waals surface area contributed by atoms with Gasteiger partial charge in [-0.25, -0.2) is 4.79 Å². The number of carboxylic acids is 1. The summed E-state index contributed by atoms with van der Waals surface area (Å²) in [5.41, 5.74) is 3.55. The number of thioether (sulfide) groups is 1. The summed E-state index contributed by atoms with van der Waals surface area (Å²) in [6, 6.07) is 21.3. The number of rotatable bonds is 8. The van der Waals surface area contributed by atoms with Crippen LogP contribution in [0.4, 0.5) is 11.4 Å². The Morgan fingerprint density at radius 2 is 1.66 bits per heavy atom. The fraction of sp³-hybridized carbons (Fsp3) is 0.148. The first kappa shape index (κ1) is 24.1. The van der Waals surface area contributed by atoms with E-state index in [1.54, 1.807) is 18.2 Å². The Morgan fingerprint density at radius 1 is 0.914 bits per heavy atom. The van der Waals surface area contributed by atoms with Crippen LogP contribution in [0.2, 0.25) is 0 Å². The molecule has 178 valence electrons. The zero-order chi connectivity index (χ0) is 24.9. The van der Waals surface area contributed by atoms with Gasteiger partial charge < -0.3 is 20.3 Å². The third-order valence-corrected chi connectivity index (χ3v) is 6.61. The molecule has 1 aromatic heterocycles. The molecular weight excluding hydrogens is 462 g/mol. The maximum absolute atomic E-state index is 12.9. The Labute approximate surface area is 206 Å². The van der Waals surface area contributed by atoms with E-state index in [9.17, 15) is 14.4 Å². The molecule has 0 aliphatic carbocycles. The molecule has 3 aromatic carbocycles. The normalized spacial score (nSPS) is 12.2. The number of para-hydroxylation sites is 1. The van der Waals surface area contributed by atoms with Gasteiger partial charge in [-0.15, -0.1) is 11.8 Å². The maximum Gasteiger partial charge on any atom is 0.328 e. The second-order valence-electron chi connectivity index (χ2n) is 7.93. The Kier molecular flexibility index (Phi) is 7.22. The minimum absolute atomic E-state index is 0.132. The lowest BCUT2D eigenvalue weighted by atomic mass is 10.1. The van der Waals surface area contributed by atoms with Gasteiger partial charge in [0.25, 0.3) is 0 Å². The number of carbonyl (C=O) groups excluding carboxylic acids is 2. The van der Waals surface area contributed by atoms with Gasteiger partial charge in [-0.1, -0.05) is 24.3 Å². The van der Waals surface area contributed by atoms with Crippen molar-refractivity contribution in [3.8, 4) is 0 Å². The van der Waals surface area contributed by atoms with E-state index in [4.69, 9.17) is 5.11 Å². The lowest BCUT2D eigenvalue weighted by Gasteiger charge is -2.13. The van der Waals surface area contributed by atoms with Crippen molar-refractivity contribution in [2.24, 2.45) is 0 Å². The Balaban J connectivity index is 1.46. The van der Waals surface area contributed by atoms with Crippen LogP contribution in [0, 0.1) is 0 Å². The molecule has 0 saturated carbocycles. The fourth-order valence-corrected chi connectivity index (χ4v) is 4.88. The van der Waals surface area contributed by atoms with E-state index < -0.39 is 11.9 Å². The van der Waals surface area contributed by atoms with Crippen molar-refractivity contribution in [3.63, 3.8) is 0 Å². The van der Waals surface area contributed by atoms with Gasteiger partial charge in [-0.2, -0.15) is 0 Å². The summed E-state index contributed by atoms with van der Waals surface area (Å²) >= 11 is 1.36. The Hall–Kier alpha value is -4.04. The van der Waals surface area contributed by atoms with Gasteiger partial charge in [-0.05, 0) is 56.3 Å². The highest BCUT2D eigenvalue weighted by molar-refractivity contribution is 8.00. The highest BCUT2D eigenvalue weighted by Crippen LogP contribution is 2.32. The van der Waals surface area contributed by atoms with E-state index in [1.807, 2.05) is 43.3 Å². The molecule has 7 nitrogen and oxygen atoms in total. The summed E-state index contributed by atoms with van der Waals surface area (Å²) in [6.45, 7) is 4.80. The molecule has 4 aromatic rings. The Morgan fingerprint density at radius 3 is 2.43 bits per heavy atom. The number of carboxylic acid groups (broad SMARTS) is 1. The van der Waals surface area contributed by atoms with E-state index in [1.165, 1.54) is 17.3 Å². The van der Waals surface area contributed by atoms with Crippen molar-refractivity contribution in [3.05, 3.63) is 78.9 Å².